The Morgan fingerprint density at radius 2 is 1.64 bits per heavy atom. The number of nitrogens with zero attached hydrogens (tertiary/aromatic N) is 1. The van der Waals surface area contributed by atoms with E-state index in [4.69, 9.17) is 9.47 Å². The molecule has 0 radical (unpaired) electrons. The molecule has 6 heteroatoms. The molecule has 0 bridgehead atoms. The Balaban J connectivity index is 0.00000312. The van der Waals surface area contributed by atoms with Gasteiger partial charge >= 0.3 is 0 Å². The third kappa shape index (κ3) is 7.74. The minimum atomic E-state index is -0.0229. The fourth-order valence-electron chi connectivity index (χ4n) is 2.27. The highest BCUT2D eigenvalue weighted by Gasteiger charge is 2.10. The molecule has 0 heterocycles. The summed E-state index contributed by atoms with van der Waals surface area (Å²) in [6.45, 7) is 1.87. The van der Waals surface area contributed by atoms with Gasteiger partial charge in [0.2, 0.25) is 0 Å². The van der Waals surface area contributed by atoms with E-state index in [1.807, 2.05) is 48.5 Å². The maximum Gasteiger partial charge on any atom is 0.191 e. The smallest absolute Gasteiger partial charge is 0.191 e. The van der Waals surface area contributed by atoms with Crippen molar-refractivity contribution >= 4 is 29.9 Å². The van der Waals surface area contributed by atoms with Gasteiger partial charge in [-0.1, -0.05) is 48.5 Å². The highest BCUT2D eigenvalue weighted by Crippen LogP contribution is 2.14. The van der Waals surface area contributed by atoms with Gasteiger partial charge < -0.3 is 20.1 Å². The lowest BCUT2D eigenvalue weighted by molar-refractivity contribution is 0.106. The number of aliphatic imine (C=N–C) groups is 1. The molecule has 1 atom stereocenters. The number of ether oxygens (including phenoxy) is 2. The maximum absolute atomic E-state index is 5.65. The van der Waals surface area contributed by atoms with E-state index in [1.54, 1.807) is 14.2 Å². The Bertz CT molecular complexity index is 609. The lowest BCUT2D eigenvalue weighted by atomic mass is 10.1. The van der Waals surface area contributed by atoms with Crippen molar-refractivity contribution in [3.8, 4) is 5.75 Å². The first-order valence-corrected chi connectivity index (χ1v) is 8.03. The molecule has 0 saturated heterocycles. The van der Waals surface area contributed by atoms with E-state index in [-0.39, 0.29) is 30.1 Å². The Labute approximate surface area is 166 Å². The van der Waals surface area contributed by atoms with Crippen LogP contribution in [0.25, 0.3) is 0 Å². The number of benzene rings is 2. The minimum Gasteiger partial charge on any atom is -0.492 e. The van der Waals surface area contributed by atoms with E-state index < -0.39 is 0 Å². The first-order valence-electron chi connectivity index (χ1n) is 8.03. The summed E-state index contributed by atoms with van der Waals surface area (Å²) in [6.07, 6.45) is -0.0229. The highest BCUT2D eigenvalue weighted by atomic mass is 127. The highest BCUT2D eigenvalue weighted by molar-refractivity contribution is 14.0. The summed E-state index contributed by atoms with van der Waals surface area (Å²) in [6, 6.07) is 19.9. The van der Waals surface area contributed by atoms with Gasteiger partial charge in [0.1, 0.15) is 12.4 Å². The van der Waals surface area contributed by atoms with Gasteiger partial charge in [-0.05, 0) is 17.7 Å². The Morgan fingerprint density at radius 3 is 2.24 bits per heavy atom. The lowest BCUT2D eigenvalue weighted by Crippen LogP contribution is -2.41. The van der Waals surface area contributed by atoms with Crippen molar-refractivity contribution in [2.75, 3.05) is 33.9 Å². The number of hydrogen-bond donors (Lipinski definition) is 2. The molecule has 2 aromatic carbocycles. The van der Waals surface area contributed by atoms with Gasteiger partial charge in [-0.2, -0.15) is 0 Å². The summed E-state index contributed by atoms with van der Waals surface area (Å²) < 4.78 is 11.2. The Hall–Kier alpha value is -1.80. The zero-order valence-electron chi connectivity index (χ0n) is 14.6. The van der Waals surface area contributed by atoms with Crippen molar-refractivity contribution in [1.29, 1.82) is 0 Å². The van der Waals surface area contributed by atoms with E-state index in [0.29, 0.717) is 19.7 Å². The molecular weight excluding hydrogens is 429 g/mol. The zero-order valence-corrected chi connectivity index (χ0v) is 17.0. The number of rotatable bonds is 8. The van der Waals surface area contributed by atoms with Crippen LogP contribution >= 0.6 is 24.0 Å². The molecule has 0 aliphatic rings. The lowest BCUT2D eigenvalue weighted by Gasteiger charge is -2.18. The van der Waals surface area contributed by atoms with Gasteiger partial charge in [0.15, 0.2) is 5.96 Å². The van der Waals surface area contributed by atoms with E-state index >= 15 is 0 Å². The summed E-state index contributed by atoms with van der Waals surface area (Å²) in [7, 11) is 3.46. The third-order valence-electron chi connectivity index (χ3n) is 3.54. The first-order chi connectivity index (χ1) is 11.8. The molecule has 2 rings (SSSR count). The molecular formula is C19H26IN3O2. The van der Waals surface area contributed by atoms with Crippen LogP contribution in [0.5, 0.6) is 5.75 Å². The van der Waals surface area contributed by atoms with E-state index in [0.717, 1.165) is 17.3 Å². The molecule has 2 N–H and O–H groups in total. The van der Waals surface area contributed by atoms with Crippen LogP contribution in [-0.2, 0) is 4.74 Å². The van der Waals surface area contributed by atoms with Gasteiger partial charge in [-0.3, -0.25) is 4.99 Å². The molecule has 0 amide bonds. The number of nitrogens with one attached hydrogen (secondary N) is 2. The van der Waals surface area contributed by atoms with Crippen LogP contribution < -0.4 is 15.4 Å². The average molecular weight is 455 g/mol. The zero-order chi connectivity index (χ0) is 17.0. The normalized spacial score (nSPS) is 12.0. The second-order valence-electron chi connectivity index (χ2n) is 5.18. The van der Waals surface area contributed by atoms with E-state index in [1.165, 1.54) is 0 Å². The predicted molar refractivity (Wildman–Crippen MR) is 113 cm³/mol. The van der Waals surface area contributed by atoms with Crippen molar-refractivity contribution in [1.82, 2.24) is 10.6 Å². The van der Waals surface area contributed by atoms with Crippen LogP contribution in [0.15, 0.2) is 65.7 Å². The predicted octanol–water partition coefficient (Wildman–Crippen LogP) is 3.24. The molecule has 2 aromatic rings. The number of halogens is 1. The molecule has 5 nitrogen and oxygen atoms in total. The van der Waals surface area contributed by atoms with Crippen molar-refractivity contribution in [2.45, 2.75) is 6.10 Å². The average Bonchev–Trinajstić information content (AvgIpc) is 2.65. The van der Waals surface area contributed by atoms with Crippen molar-refractivity contribution in [2.24, 2.45) is 4.99 Å². The summed E-state index contributed by atoms with van der Waals surface area (Å²) in [5.41, 5.74) is 1.13. The van der Waals surface area contributed by atoms with Gasteiger partial charge in [0.05, 0.1) is 12.6 Å². The molecule has 136 valence electrons. The maximum atomic E-state index is 5.65. The molecule has 0 aliphatic carbocycles. The van der Waals surface area contributed by atoms with Crippen LogP contribution in [0.3, 0.4) is 0 Å². The summed E-state index contributed by atoms with van der Waals surface area (Å²) in [5.74, 6) is 1.59. The van der Waals surface area contributed by atoms with E-state index in [2.05, 4.69) is 27.8 Å². The van der Waals surface area contributed by atoms with Crippen LogP contribution in [-0.4, -0.2) is 39.8 Å². The SMILES string of the molecule is CN=C(NCCOc1ccccc1)NCC(OC)c1ccccc1.I. The third-order valence-corrected chi connectivity index (χ3v) is 3.54. The summed E-state index contributed by atoms with van der Waals surface area (Å²) in [4.78, 5) is 4.22. The summed E-state index contributed by atoms with van der Waals surface area (Å²) >= 11 is 0. The molecule has 25 heavy (non-hydrogen) atoms. The van der Waals surface area contributed by atoms with Crippen molar-refractivity contribution < 1.29 is 9.47 Å². The molecule has 0 fully saturated rings. The largest absolute Gasteiger partial charge is 0.492 e. The Morgan fingerprint density at radius 1 is 1.00 bits per heavy atom. The first kappa shape index (κ1) is 21.2. The fraction of sp³-hybridized carbons (Fsp3) is 0.316. The molecule has 0 saturated carbocycles. The minimum absolute atomic E-state index is 0. The van der Waals surface area contributed by atoms with Gasteiger partial charge in [0, 0.05) is 20.7 Å². The van der Waals surface area contributed by atoms with Crippen molar-refractivity contribution in [3.63, 3.8) is 0 Å². The van der Waals surface area contributed by atoms with E-state index in [9.17, 15) is 0 Å². The fourth-order valence-corrected chi connectivity index (χ4v) is 2.27. The number of methoxy groups -OCH3 is 1. The standard InChI is InChI=1S/C19H25N3O2.HI/c1-20-19(21-13-14-24-17-11-7-4-8-12-17)22-15-18(23-2)16-9-5-3-6-10-16;/h3-12,18H,13-15H2,1-2H3,(H2,20,21,22);1H. The number of para-hydroxylation sites is 1. The second-order valence-corrected chi connectivity index (χ2v) is 5.18. The second kappa shape index (κ2) is 12.5. The van der Waals surface area contributed by atoms with Crippen LogP contribution in [0.1, 0.15) is 11.7 Å². The molecule has 0 aromatic heterocycles. The van der Waals surface area contributed by atoms with Gasteiger partial charge in [-0.15, -0.1) is 24.0 Å². The molecule has 0 aliphatic heterocycles. The molecule has 1 unspecified atom stereocenters. The monoisotopic (exact) mass is 455 g/mol. The quantitative estimate of drug-likeness (QED) is 0.278. The van der Waals surface area contributed by atoms with Crippen LogP contribution in [0, 0.1) is 0 Å². The number of guanidine groups is 1. The van der Waals surface area contributed by atoms with Crippen LogP contribution in [0.4, 0.5) is 0 Å². The Kier molecular flexibility index (Phi) is 10.7. The molecule has 0 spiro atoms. The van der Waals surface area contributed by atoms with Gasteiger partial charge in [0.25, 0.3) is 0 Å². The van der Waals surface area contributed by atoms with Gasteiger partial charge in [-0.25, -0.2) is 0 Å². The summed E-state index contributed by atoms with van der Waals surface area (Å²) in [5, 5.41) is 6.50. The number of hydrogen-bond acceptors (Lipinski definition) is 3. The topological polar surface area (TPSA) is 54.9 Å². The van der Waals surface area contributed by atoms with Crippen LogP contribution in [0.2, 0.25) is 0 Å². The van der Waals surface area contributed by atoms with Crippen molar-refractivity contribution in [3.05, 3.63) is 66.2 Å².